The lowest BCUT2D eigenvalue weighted by Gasteiger charge is -2.26. The number of halogens is 3. The van der Waals surface area contributed by atoms with Crippen molar-refractivity contribution in [2.45, 2.75) is 38.1 Å². The van der Waals surface area contributed by atoms with E-state index in [1.165, 1.54) is 0 Å². The topological polar surface area (TPSA) is 46.5 Å². The normalized spacial score (nSPS) is 28.8. The summed E-state index contributed by atoms with van der Waals surface area (Å²) in [6, 6.07) is 0. The highest BCUT2D eigenvalue weighted by Gasteiger charge is 2.36. The Morgan fingerprint density at radius 1 is 1.21 bits per heavy atom. The van der Waals surface area contributed by atoms with Crippen molar-refractivity contribution in [2.75, 3.05) is 0 Å². The van der Waals surface area contributed by atoms with Crippen LogP contribution in [-0.4, -0.2) is 23.5 Å². The Hall–Kier alpha value is -0.780. The smallest absolute Gasteiger partial charge is 0.481 e. The zero-order chi connectivity index (χ0) is 10.8. The number of aliphatic carboxylic acids is 1. The summed E-state index contributed by atoms with van der Waals surface area (Å²) in [5, 5.41) is 8.59. The molecule has 1 rings (SSSR count). The van der Waals surface area contributed by atoms with Gasteiger partial charge in [-0.3, -0.25) is 9.53 Å². The molecule has 1 saturated carbocycles. The molecule has 0 radical (unpaired) electrons. The first-order valence-electron chi connectivity index (χ1n) is 4.36. The third-order valence-corrected chi connectivity index (χ3v) is 2.32. The van der Waals surface area contributed by atoms with Crippen LogP contribution < -0.4 is 0 Å². The molecule has 1 N–H and O–H groups in total. The zero-order valence-electron chi connectivity index (χ0n) is 7.38. The van der Waals surface area contributed by atoms with Gasteiger partial charge in [0.1, 0.15) is 0 Å². The lowest BCUT2D eigenvalue weighted by Crippen LogP contribution is -2.30. The van der Waals surface area contributed by atoms with E-state index < -0.39 is 24.4 Å². The first-order chi connectivity index (χ1) is 6.38. The fourth-order valence-corrected chi connectivity index (χ4v) is 1.62. The van der Waals surface area contributed by atoms with Gasteiger partial charge in [-0.2, -0.15) is 0 Å². The molecular formula is C8H11F3O3. The number of carboxylic acids is 1. The number of hydrogen-bond acceptors (Lipinski definition) is 2. The lowest BCUT2D eigenvalue weighted by molar-refractivity contribution is -0.345. The lowest BCUT2D eigenvalue weighted by atomic mass is 9.87. The summed E-state index contributed by atoms with van der Waals surface area (Å²) in [5.74, 6) is -1.45. The van der Waals surface area contributed by atoms with Crippen LogP contribution in [0.1, 0.15) is 25.7 Å². The molecule has 1 aliphatic rings. The minimum absolute atomic E-state index is 0.163. The summed E-state index contributed by atoms with van der Waals surface area (Å²) in [4.78, 5) is 10.5. The molecule has 0 aromatic rings. The molecule has 0 aromatic carbocycles. The summed E-state index contributed by atoms with van der Waals surface area (Å²) >= 11 is 0. The van der Waals surface area contributed by atoms with Gasteiger partial charge < -0.3 is 5.11 Å². The van der Waals surface area contributed by atoms with Crippen molar-refractivity contribution in [2.24, 2.45) is 5.92 Å². The van der Waals surface area contributed by atoms with Crippen LogP contribution >= 0.6 is 0 Å². The first kappa shape index (κ1) is 11.3. The van der Waals surface area contributed by atoms with E-state index in [2.05, 4.69) is 4.74 Å². The van der Waals surface area contributed by atoms with Crippen LogP contribution in [-0.2, 0) is 9.53 Å². The van der Waals surface area contributed by atoms with Crippen molar-refractivity contribution in [1.82, 2.24) is 0 Å². The summed E-state index contributed by atoms with van der Waals surface area (Å²) in [7, 11) is 0. The van der Waals surface area contributed by atoms with Crippen molar-refractivity contribution in [1.29, 1.82) is 0 Å². The third kappa shape index (κ3) is 3.53. The second kappa shape index (κ2) is 4.16. The maximum atomic E-state index is 11.8. The van der Waals surface area contributed by atoms with E-state index in [0.717, 1.165) is 0 Å². The summed E-state index contributed by atoms with van der Waals surface area (Å²) < 4.78 is 39.1. The fourth-order valence-electron chi connectivity index (χ4n) is 1.62. The molecular weight excluding hydrogens is 201 g/mol. The van der Waals surface area contributed by atoms with Gasteiger partial charge in [-0.05, 0) is 25.7 Å². The number of ether oxygens (including phenoxy) is 1. The number of carboxylic acid groups (broad SMARTS) is 1. The molecule has 1 fully saturated rings. The van der Waals surface area contributed by atoms with Crippen LogP contribution in [0.4, 0.5) is 13.2 Å². The quantitative estimate of drug-likeness (QED) is 0.762. The van der Waals surface area contributed by atoms with Crippen LogP contribution in [0.25, 0.3) is 0 Å². The average Bonchev–Trinajstić information content (AvgIpc) is 2.02. The Kier molecular flexibility index (Phi) is 3.36. The van der Waals surface area contributed by atoms with E-state index in [9.17, 15) is 18.0 Å². The first-order valence-corrected chi connectivity index (χ1v) is 4.36. The molecule has 3 nitrogen and oxygen atoms in total. The van der Waals surface area contributed by atoms with Crippen molar-refractivity contribution >= 4 is 5.97 Å². The molecule has 0 amide bonds. The average molecular weight is 212 g/mol. The van der Waals surface area contributed by atoms with E-state index >= 15 is 0 Å². The molecule has 0 aromatic heterocycles. The largest absolute Gasteiger partial charge is 0.522 e. The summed E-state index contributed by atoms with van der Waals surface area (Å²) in [6.45, 7) is 0. The number of hydrogen-bond donors (Lipinski definition) is 1. The number of carbonyl (C=O) groups is 1. The van der Waals surface area contributed by atoms with Gasteiger partial charge >= 0.3 is 12.3 Å². The number of alkyl halides is 3. The molecule has 0 bridgehead atoms. The molecule has 0 atom stereocenters. The molecule has 0 aliphatic heterocycles. The molecule has 14 heavy (non-hydrogen) atoms. The Morgan fingerprint density at radius 2 is 1.71 bits per heavy atom. The molecule has 0 unspecified atom stereocenters. The van der Waals surface area contributed by atoms with Crippen LogP contribution in [0.5, 0.6) is 0 Å². The van der Waals surface area contributed by atoms with Crippen molar-refractivity contribution < 1.29 is 27.8 Å². The van der Waals surface area contributed by atoms with E-state index in [-0.39, 0.29) is 25.7 Å². The van der Waals surface area contributed by atoms with Gasteiger partial charge in [-0.15, -0.1) is 13.2 Å². The van der Waals surface area contributed by atoms with E-state index in [4.69, 9.17) is 5.11 Å². The molecule has 6 heteroatoms. The highest BCUT2D eigenvalue weighted by atomic mass is 19.4. The molecule has 0 saturated heterocycles. The zero-order valence-corrected chi connectivity index (χ0v) is 7.38. The predicted octanol–water partition coefficient (Wildman–Crippen LogP) is 2.17. The van der Waals surface area contributed by atoms with Gasteiger partial charge in [0.15, 0.2) is 0 Å². The van der Waals surface area contributed by atoms with E-state index in [0.29, 0.717) is 0 Å². The van der Waals surface area contributed by atoms with Crippen LogP contribution in [0.3, 0.4) is 0 Å². The van der Waals surface area contributed by atoms with Gasteiger partial charge in [0.05, 0.1) is 12.0 Å². The minimum atomic E-state index is -4.61. The van der Waals surface area contributed by atoms with Gasteiger partial charge in [0.2, 0.25) is 0 Å². The van der Waals surface area contributed by atoms with Gasteiger partial charge in [0, 0.05) is 0 Å². The van der Waals surface area contributed by atoms with E-state index in [1.54, 1.807) is 0 Å². The van der Waals surface area contributed by atoms with E-state index in [1.807, 2.05) is 0 Å². The van der Waals surface area contributed by atoms with Gasteiger partial charge in [-0.1, -0.05) is 0 Å². The summed E-state index contributed by atoms with van der Waals surface area (Å²) in [5.41, 5.74) is 0. The monoisotopic (exact) mass is 212 g/mol. The molecule has 1 aliphatic carbocycles. The third-order valence-electron chi connectivity index (χ3n) is 2.32. The van der Waals surface area contributed by atoms with Crippen molar-refractivity contribution in [3.8, 4) is 0 Å². The molecule has 82 valence electrons. The number of rotatable bonds is 2. The van der Waals surface area contributed by atoms with Gasteiger partial charge in [0.25, 0.3) is 0 Å². The molecule has 0 spiro atoms. The second-order valence-corrected chi connectivity index (χ2v) is 3.38. The second-order valence-electron chi connectivity index (χ2n) is 3.38. The Balaban J connectivity index is 2.33. The maximum Gasteiger partial charge on any atom is 0.522 e. The van der Waals surface area contributed by atoms with Crippen LogP contribution in [0, 0.1) is 5.92 Å². The van der Waals surface area contributed by atoms with Gasteiger partial charge in [-0.25, -0.2) is 0 Å². The van der Waals surface area contributed by atoms with Crippen molar-refractivity contribution in [3.05, 3.63) is 0 Å². The fraction of sp³-hybridized carbons (Fsp3) is 0.875. The highest BCUT2D eigenvalue weighted by molar-refractivity contribution is 5.69. The minimum Gasteiger partial charge on any atom is -0.481 e. The highest BCUT2D eigenvalue weighted by Crippen LogP contribution is 2.30. The standard InChI is InChI=1S/C8H11F3O3/c9-8(10,11)14-6-3-1-5(2-4-6)7(12)13/h5-6H,1-4H2,(H,12,13)/t5-,6-. The SMILES string of the molecule is O=C(O)[C@H]1CC[C@H](OC(F)(F)F)CC1. The summed E-state index contributed by atoms with van der Waals surface area (Å²) in [6.07, 6.45) is -4.63. The van der Waals surface area contributed by atoms with Crippen LogP contribution in [0.15, 0.2) is 0 Å². The maximum absolute atomic E-state index is 11.8. The Bertz CT molecular complexity index is 206. The Labute approximate surface area is 78.9 Å². The molecule has 0 heterocycles. The van der Waals surface area contributed by atoms with Crippen LogP contribution in [0.2, 0.25) is 0 Å². The van der Waals surface area contributed by atoms with Crippen molar-refractivity contribution in [3.63, 3.8) is 0 Å². The Morgan fingerprint density at radius 3 is 2.07 bits per heavy atom. The predicted molar refractivity (Wildman–Crippen MR) is 40.5 cm³/mol.